The van der Waals surface area contributed by atoms with Crippen LogP contribution in [0.25, 0.3) is 0 Å². The van der Waals surface area contributed by atoms with Crippen LogP contribution in [0.15, 0.2) is 24.3 Å². The summed E-state index contributed by atoms with van der Waals surface area (Å²) in [5.74, 6) is 0. The molecule has 2 fully saturated rings. The van der Waals surface area contributed by atoms with Gasteiger partial charge in [0.15, 0.2) is 0 Å². The predicted octanol–water partition coefficient (Wildman–Crippen LogP) is 4.50. The van der Waals surface area contributed by atoms with Crippen LogP contribution in [-0.2, 0) is 4.74 Å². The van der Waals surface area contributed by atoms with Crippen LogP contribution in [0.5, 0.6) is 0 Å². The summed E-state index contributed by atoms with van der Waals surface area (Å²) in [4.78, 5) is 2.52. The van der Waals surface area contributed by atoms with Gasteiger partial charge in [0.1, 0.15) is 0 Å². The average molecular weight is 301 g/mol. The Balaban J connectivity index is 0.000000196. The highest BCUT2D eigenvalue weighted by Crippen LogP contribution is 2.22. The summed E-state index contributed by atoms with van der Waals surface area (Å²) < 4.78 is 6.01. The van der Waals surface area contributed by atoms with Gasteiger partial charge in [-0.3, -0.25) is 0 Å². The molecule has 0 aromatic rings. The van der Waals surface area contributed by atoms with Crippen LogP contribution in [0, 0.1) is 10.4 Å². The molecule has 2 heteroatoms. The van der Waals surface area contributed by atoms with E-state index in [1.165, 1.54) is 74.8 Å². The van der Waals surface area contributed by atoms with Crippen LogP contribution in [0.2, 0.25) is 0 Å². The summed E-state index contributed by atoms with van der Waals surface area (Å²) in [7, 11) is 2.27. The lowest BCUT2D eigenvalue weighted by molar-refractivity contribution is 0.0139. The second-order valence-corrected chi connectivity index (χ2v) is 7.13. The number of hydrogen-bond donors (Lipinski definition) is 0. The van der Waals surface area contributed by atoms with Crippen molar-refractivity contribution in [3.05, 3.63) is 34.7 Å². The summed E-state index contributed by atoms with van der Waals surface area (Å²) in [5, 5.41) is 2.85. The predicted molar refractivity (Wildman–Crippen MR) is 91.8 cm³/mol. The van der Waals surface area contributed by atoms with E-state index >= 15 is 0 Å². The van der Waals surface area contributed by atoms with Crippen molar-refractivity contribution in [1.82, 2.24) is 4.90 Å². The number of hydrogen-bond acceptors (Lipinski definition) is 2. The lowest BCUT2D eigenvalue weighted by atomic mass is 9.97. The first-order valence-corrected chi connectivity index (χ1v) is 9.25. The zero-order valence-electron chi connectivity index (χ0n) is 14.1. The van der Waals surface area contributed by atoms with Gasteiger partial charge in [-0.15, -0.1) is 0 Å². The molecule has 0 amide bonds. The Kier molecular flexibility index (Phi) is 5.91. The highest BCUT2D eigenvalue weighted by molar-refractivity contribution is 5.22. The standard InChI is InChI=1S/C14H27NO.C6H4/c1-15-11-6-5-7-13(15)10-12-16-14-8-3-2-4-9-14;1-2-6-4-3-5(1)6/h13-14H,2-12H2,1H3;1-4H. The van der Waals surface area contributed by atoms with Gasteiger partial charge in [-0.25, -0.2) is 0 Å². The van der Waals surface area contributed by atoms with Gasteiger partial charge in [0.25, 0.3) is 0 Å². The molecular weight excluding hydrogens is 270 g/mol. The molecule has 4 aliphatic rings. The molecule has 4 rings (SSSR count). The van der Waals surface area contributed by atoms with E-state index in [0.29, 0.717) is 6.10 Å². The quantitative estimate of drug-likeness (QED) is 0.824. The minimum absolute atomic E-state index is 0.586. The molecule has 2 nitrogen and oxygen atoms in total. The minimum atomic E-state index is 0.586. The summed E-state index contributed by atoms with van der Waals surface area (Å²) >= 11 is 0. The van der Waals surface area contributed by atoms with E-state index < -0.39 is 0 Å². The molecule has 0 aromatic heterocycles. The monoisotopic (exact) mass is 301 g/mol. The maximum absolute atomic E-state index is 6.01. The molecule has 0 aromatic carbocycles. The van der Waals surface area contributed by atoms with Crippen molar-refractivity contribution in [3.63, 3.8) is 0 Å². The Morgan fingerprint density at radius 2 is 1.55 bits per heavy atom. The highest BCUT2D eigenvalue weighted by atomic mass is 16.5. The van der Waals surface area contributed by atoms with Crippen molar-refractivity contribution in [2.45, 2.75) is 69.9 Å². The van der Waals surface area contributed by atoms with Crippen LogP contribution in [0.1, 0.15) is 57.8 Å². The van der Waals surface area contributed by atoms with E-state index in [4.69, 9.17) is 4.74 Å². The van der Waals surface area contributed by atoms with Crippen LogP contribution < -0.4 is 0 Å². The molecular formula is C20H31NO. The van der Waals surface area contributed by atoms with E-state index in [1.54, 1.807) is 0 Å². The lowest BCUT2D eigenvalue weighted by Gasteiger charge is -2.33. The summed E-state index contributed by atoms with van der Waals surface area (Å²) in [6.45, 7) is 2.27. The minimum Gasteiger partial charge on any atom is -0.378 e. The van der Waals surface area contributed by atoms with Crippen molar-refractivity contribution in [1.29, 1.82) is 0 Å². The molecule has 1 saturated heterocycles. The van der Waals surface area contributed by atoms with Gasteiger partial charge in [-0.1, -0.05) is 49.9 Å². The smallest absolute Gasteiger partial charge is 0.0575 e. The molecule has 0 N–H and O–H groups in total. The van der Waals surface area contributed by atoms with Crippen LogP contribution >= 0.6 is 0 Å². The van der Waals surface area contributed by atoms with E-state index in [9.17, 15) is 0 Å². The average Bonchev–Trinajstić information content (AvgIpc) is 2.54. The first kappa shape index (κ1) is 16.0. The number of likely N-dealkylation sites (tertiary alicyclic amines) is 1. The number of nitrogens with zero attached hydrogens (tertiary/aromatic N) is 1. The Labute approximate surface area is 135 Å². The fraction of sp³-hybridized carbons (Fsp3) is 0.700. The van der Waals surface area contributed by atoms with Crippen molar-refractivity contribution in [3.8, 4) is 0 Å². The van der Waals surface area contributed by atoms with Crippen LogP contribution in [0.3, 0.4) is 0 Å². The van der Waals surface area contributed by atoms with Gasteiger partial charge in [-0.05, 0) is 56.1 Å². The number of benzene rings is 1. The van der Waals surface area contributed by atoms with Gasteiger partial charge in [0.05, 0.1) is 6.10 Å². The fourth-order valence-corrected chi connectivity index (χ4v) is 3.77. The van der Waals surface area contributed by atoms with E-state index in [2.05, 4.69) is 36.2 Å². The molecule has 3 aliphatic carbocycles. The molecule has 1 saturated carbocycles. The van der Waals surface area contributed by atoms with Gasteiger partial charge in [0, 0.05) is 12.6 Å². The van der Waals surface area contributed by atoms with Gasteiger partial charge >= 0.3 is 0 Å². The molecule has 122 valence electrons. The van der Waals surface area contributed by atoms with Crippen LogP contribution in [0.4, 0.5) is 0 Å². The van der Waals surface area contributed by atoms with Crippen molar-refractivity contribution in [2.24, 2.45) is 0 Å². The molecule has 0 bridgehead atoms. The molecule has 1 heterocycles. The molecule has 22 heavy (non-hydrogen) atoms. The van der Waals surface area contributed by atoms with Gasteiger partial charge < -0.3 is 9.64 Å². The first-order valence-electron chi connectivity index (χ1n) is 9.25. The van der Waals surface area contributed by atoms with Gasteiger partial charge in [0.2, 0.25) is 0 Å². The third-order valence-electron chi connectivity index (χ3n) is 5.50. The Morgan fingerprint density at radius 3 is 2.09 bits per heavy atom. The van der Waals surface area contributed by atoms with Crippen LogP contribution in [-0.4, -0.2) is 37.2 Å². The second-order valence-electron chi connectivity index (χ2n) is 7.13. The molecule has 1 aliphatic heterocycles. The zero-order valence-corrected chi connectivity index (χ0v) is 14.1. The summed E-state index contributed by atoms with van der Waals surface area (Å²) in [6, 6.07) is 9.27. The lowest BCUT2D eigenvalue weighted by Crippen LogP contribution is -2.37. The SMILES string of the molecule is CN1CCCCC1CCOC1CCCCC1.c1cc2ccc1=2. The van der Waals surface area contributed by atoms with Crippen molar-refractivity contribution < 1.29 is 4.74 Å². The van der Waals surface area contributed by atoms with Crippen molar-refractivity contribution >= 4 is 0 Å². The fourth-order valence-electron chi connectivity index (χ4n) is 3.77. The normalized spacial score (nSPS) is 24.5. The summed E-state index contributed by atoms with van der Waals surface area (Å²) in [6.07, 6.45) is 12.8. The molecule has 0 radical (unpaired) electrons. The highest BCUT2D eigenvalue weighted by Gasteiger charge is 2.19. The zero-order chi connectivity index (χ0) is 15.2. The maximum atomic E-state index is 6.01. The molecule has 1 unspecified atom stereocenters. The molecule has 1 atom stereocenters. The third kappa shape index (κ3) is 4.33. The van der Waals surface area contributed by atoms with E-state index in [-0.39, 0.29) is 0 Å². The number of piperidine rings is 1. The largest absolute Gasteiger partial charge is 0.378 e. The summed E-state index contributed by atoms with van der Waals surface area (Å²) in [5.41, 5.74) is 0. The van der Waals surface area contributed by atoms with Gasteiger partial charge in [-0.2, -0.15) is 0 Å². The topological polar surface area (TPSA) is 12.5 Å². The molecule has 0 spiro atoms. The Morgan fingerprint density at radius 1 is 0.909 bits per heavy atom. The Hall–Kier alpha value is -0.860. The first-order chi connectivity index (χ1) is 10.8. The number of rotatable bonds is 4. The van der Waals surface area contributed by atoms with E-state index in [0.717, 1.165) is 12.6 Å². The van der Waals surface area contributed by atoms with E-state index in [1.807, 2.05) is 0 Å². The second kappa shape index (κ2) is 8.12. The maximum Gasteiger partial charge on any atom is 0.0575 e. The Bertz CT molecular complexity index is 485. The third-order valence-corrected chi connectivity index (χ3v) is 5.50. The number of ether oxygens (including phenoxy) is 1. The van der Waals surface area contributed by atoms with Crippen molar-refractivity contribution in [2.75, 3.05) is 20.2 Å².